The topological polar surface area (TPSA) is 17.1 Å². The van der Waals surface area contributed by atoms with Gasteiger partial charge in [-0.2, -0.15) is 0 Å². The third-order valence-electron chi connectivity index (χ3n) is 2.73. The van der Waals surface area contributed by atoms with Gasteiger partial charge in [-0.05, 0) is 43.0 Å². The number of ketones is 1. The molecule has 15 heavy (non-hydrogen) atoms. The average molecular weight is 204 g/mol. The highest BCUT2D eigenvalue weighted by Gasteiger charge is 2.15. The quantitative estimate of drug-likeness (QED) is 0.686. The van der Waals surface area contributed by atoms with Crippen LogP contribution in [0.5, 0.6) is 0 Å². The van der Waals surface area contributed by atoms with Gasteiger partial charge in [0.15, 0.2) is 5.78 Å². The molecule has 1 aromatic carbocycles. The lowest BCUT2D eigenvalue weighted by Gasteiger charge is -2.12. The molecule has 1 nitrogen and oxygen atoms in total. The summed E-state index contributed by atoms with van der Waals surface area (Å²) in [4.78, 5) is 11.6. The first-order valence-corrected chi connectivity index (χ1v) is 5.18. The average Bonchev–Trinajstić information content (AvgIpc) is 2.23. The molecular weight excluding hydrogens is 191 g/mol. The van der Waals surface area contributed by atoms with Crippen molar-refractivity contribution >= 4 is 11.4 Å². The van der Waals surface area contributed by atoms with Crippen LogP contribution < -0.4 is 0 Å². The summed E-state index contributed by atoms with van der Waals surface area (Å²) in [7, 11) is 0. The van der Waals surface area contributed by atoms with E-state index in [4.69, 9.17) is 0 Å². The first-order chi connectivity index (χ1) is 7.18. The third-order valence-corrected chi connectivity index (χ3v) is 2.73. The number of hydrogen-bond acceptors (Lipinski definition) is 1. The maximum Gasteiger partial charge on any atom is 0.163 e. The van der Waals surface area contributed by atoms with Gasteiger partial charge < -0.3 is 0 Å². The van der Waals surface area contributed by atoms with Gasteiger partial charge in [-0.25, -0.2) is 4.39 Å². The van der Waals surface area contributed by atoms with Crippen molar-refractivity contribution < 1.29 is 9.18 Å². The molecule has 0 fully saturated rings. The fourth-order valence-corrected chi connectivity index (χ4v) is 1.85. The van der Waals surface area contributed by atoms with Crippen LogP contribution in [0.15, 0.2) is 24.3 Å². The Hall–Kier alpha value is -1.44. The summed E-state index contributed by atoms with van der Waals surface area (Å²) >= 11 is 0. The molecule has 2 rings (SSSR count). The summed E-state index contributed by atoms with van der Waals surface area (Å²) in [5, 5.41) is 0. The molecule has 1 aliphatic carbocycles. The Morgan fingerprint density at radius 1 is 1.33 bits per heavy atom. The molecule has 0 heterocycles. The van der Waals surface area contributed by atoms with Crippen LogP contribution in [0.3, 0.4) is 0 Å². The van der Waals surface area contributed by atoms with Crippen LogP contribution in [-0.4, -0.2) is 5.78 Å². The Labute approximate surface area is 88.6 Å². The van der Waals surface area contributed by atoms with Crippen LogP contribution in [0.1, 0.15) is 30.4 Å². The van der Waals surface area contributed by atoms with Gasteiger partial charge in [0.1, 0.15) is 5.82 Å². The summed E-state index contributed by atoms with van der Waals surface area (Å²) in [5.41, 5.74) is 2.19. The predicted octanol–water partition coefficient (Wildman–Crippen LogP) is 3.27. The molecule has 0 N–H and O–H groups in total. The van der Waals surface area contributed by atoms with Gasteiger partial charge in [0, 0.05) is 12.0 Å². The van der Waals surface area contributed by atoms with E-state index in [2.05, 4.69) is 0 Å². The summed E-state index contributed by atoms with van der Waals surface area (Å²) in [6.07, 6.45) is 4.45. The number of carbonyl (C=O) groups is 1. The van der Waals surface area contributed by atoms with Gasteiger partial charge in [-0.3, -0.25) is 4.79 Å². The minimum atomic E-state index is -0.220. The molecule has 0 atom stereocenters. The number of benzene rings is 1. The number of aryl methyl sites for hydroxylation is 1. The van der Waals surface area contributed by atoms with E-state index in [9.17, 15) is 9.18 Å². The first-order valence-electron chi connectivity index (χ1n) is 5.18. The van der Waals surface area contributed by atoms with Crippen molar-refractivity contribution in [2.24, 2.45) is 0 Å². The standard InChI is InChI=1S/C13H13FO/c1-9-8-10(6-7-12(9)14)11-4-2-3-5-13(11)15/h4,6-8H,2-3,5H2,1H3. The van der Waals surface area contributed by atoms with Crippen molar-refractivity contribution in [3.8, 4) is 0 Å². The number of rotatable bonds is 1. The zero-order valence-electron chi connectivity index (χ0n) is 8.72. The van der Waals surface area contributed by atoms with E-state index >= 15 is 0 Å². The number of carbonyl (C=O) groups excluding carboxylic acids is 1. The van der Waals surface area contributed by atoms with E-state index in [0.29, 0.717) is 12.0 Å². The molecule has 0 saturated carbocycles. The smallest absolute Gasteiger partial charge is 0.163 e. The molecule has 0 aliphatic heterocycles. The molecule has 0 bridgehead atoms. The van der Waals surface area contributed by atoms with Crippen LogP contribution in [0.4, 0.5) is 4.39 Å². The maximum absolute atomic E-state index is 13.1. The summed E-state index contributed by atoms with van der Waals surface area (Å²) in [6.45, 7) is 1.71. The van der Waals surface area contributed by atoms with E-state index in [1.807, 2.05) is 6.08 Å². The van der Waals surface area contributed by atoms with E-state index < -0.39 is 0 Å². The number of halogens is 1. The zero-order chi connectivity index (χ0) is 10.8. The highest BCUT2D eigenvalue weighted by Crippen LogP contribution is 2.25. The van der Waals surface area contributed by atoms with Crippen molar-refractivity contribution in [3.63, 3.8) is 0 Å². The van der Waals surface area contributed by atoms with E-state index in [0.717, 1.165) is 24.0 Å². The highest BCUT2D eigenvalue weighted by molar-refractivity contribution is 6.21. The monoisotopic (exact) mass is 204 g/mol. The Balaban J connectivity index is 2.41. The fraction of sp³-hybridized carbons (Fsp3) is 0.308. The van der Waals surface area contributed by atoms with Crippen molar-refractivity contribution in [1.29, 1.82) is 0 Å². The molecule has 1 aromatic rings. The van der Waals surface area contributed by atoms with E-state index in [1.54, 1.807) is 19.1 Å². The Morgan fingerprint density at radius 2 is 2.13 bits per heavy atom. The van der Waals surface area contributed by atoms with Crippen LogP contribution in [-0.2, 0) is 4.79 Å². The molecule has 0 aromatic heterocycles. The second-order valence-corrected chi connectivity index (χ2v) is 3.90. The van der Waals surface area contributed by atoms with Gasteiger partial charge in [-0.15, -0.1) is 0 Å². The van der Waals surface area contributed by atoms with E-state index in [-0.39, 0.29) is 11.6 Å². The lowest BCUT2D eigenvalue weighted by molar-refractivity contribution is -0.114. The minimum Gasteiger partial charge on any atom is -0.294 e. The van der Waals surface area contributed by atoms with Crippen molar-refractivity contribution in [2.45, 2.75) is 26.2 Å². The number of allylic oxidation sites excluding steroid dienone is 2. The molecule has 0 saturated heterocycles. The van der Waals surface area contributed by atoms with Gasteiger partial charge in [0.05, 0.1) is 0 Å². The molecule has 0 radical (unpaired) electrons. The van der Waals surface area contributed by atoms with Crippen molar-refractivity contribution in [3.05, 3.63) is 41.2 Å². The van der Waals surface area contributed by atoms with Crippen LogP contribution in [0, 0.1) is 12.7 Å². The SMILES string of the molecule is Cc1cc(C2=CCCCC2=O)ccc1F. The Bertz CT molecular complexity index is 432. The third kappa shape index (κ3) is 1.99. The number of hydrogen-bond donors (Lipinski definition) is 0. The Morgan fingerprint density at radius 3 is 2.80 bits per heavy atom. The van der Waals surface area contributed by atoms with Crippen LogP contribution in [0.2, 0.25) is 0 Å². The predicted molar refractivity (Wildman–Crippen MR) is 58.0 cm³/mol. The lowest BCUT2D eigenvalue weighted by Crippen LogP contribution is -2.06. The lowest BCUT2D eigenvalue weighted by atomic mass is 9.92. The van der Waals surface area contributed by atoms with Crippen LogP contribution >= 0.6 is 0 Å². The highest BCUT2D eigenvalue weighted by atomic mass is 19.1. The number of Topliss-reactive ketones (excluding diaryl/α,β-unsaturated/α-hetero) is 1. The normalized spacial score (nSPS) is 16.4. The molecular formula is C13H13FO. The maximum atomic E-state index is 13.1. The van der Waals surface area contributed by atoms with Crippen molar-refractivity contribution in [1.82, 2.24) is 0 Å². The van der Waals surface area contributed by atoms with E-state index in [1.165, 1.54) is 6.07 Å². The first kappa shape index (κ1) is 10.1. The molecule has 2 heteroatoms. The van der Waals surface area contributed by atoms with Gasteiger partial charge >= 0.3 is 0 Å². The molecule has 0 unspecified atom stereocenters. The summed E-state index contributed by atoms with van der Waals surface area (Å²) in [6, 6.07) is 4.84. The second-order valence-electron chi connectivity index (χ2n) is 3.90. The van der Waals surface area contributed by atoms with Gasteiger partial charge in [-0.1, -0.05) is 12.1 Å². The molecule has 78 valence electrons. The summed E-state index contributed by atoms with van der Waals surface area (Å²) in [5.74, 6) is -0.0464. The largest absolute Gasteiger partial charge is 0.294 e. The Kier molecular flexibility index (Phi) is 2.67. The van der Waals surface area contributed by atoms with Gasteiger partial charge in [0.2, 0.25) is 0 Å². The zero-order valence-corrected chi connectivity index (χ0v) is 8.72. The van der Waals surface area contributed by atoms with Crippen molar-refractivity contribution in [2.75, 3.05) is 0 Å². The molecule has 0 spiro atoms. The molecule has 1 aliphatic rings. The molecule has 0 amide bonds. The fourth-order valence-electron chi connectivity index (χ4n) is 1.85. The minimum absolute atomic E-state index is 0.173. The van der Waals surface area contributed by atoms with Gasteiger partial charge in [0.25, 0.3) is 0 Å². The van der Waals surface area contributed by atoms with Crippen LogP contribution in [0.25, 0.3) is 5.57 Å². The second kappa shape index (κ2) is 3.97. The summed E-state index contributed by atoms with van der Waals surface area (Å²) < 4.78 is 13.1.